The molecule has 0 aliphatic heterocycles. The molecular weight excluding hydrogens is 402 g/mol. The summed E-state index contributed by atoms with van der Waals surface area (Å²) in [7, 11) is 0. The van der Waals surface area contributed by atoms with Gasteiger partial charge in [0, 0.05) is 6.54 Å². The first-order valence-electron chi connectivity index (χ1n) is 12.2. The normalized spacial score (nSPS) is 16.4. The lowest BCUT2D eigenvalue weighted by molar-refractivity contribution is 0.166. The van der Waals surface area contributed by atoms with Crippen LogP contribution in [0.4, 0.5) is 0 Å². The lowest BCUT2D eigenvalue weighted by atomic mass is 9.75. The zero-order chi connectivity index (χ0) is 22.5. The van der Waals surface area contributed by atoms with Crippen LogP contribution >= 0.6 is 0 Å². The molecule has 0 unspecified atom stereocenters. The number of hydrogen-bond acceptors (Lipinski definition) is 2. The fourth-order valence-electron chi connectivity index (χ4n) is 5.19. The molecule has 4 aromatic rings. The Balaban J connectivity index is 1.40. The van der Waals surface area contributed by atoms with E-state index < -0.39 is 0 Å². The van der Waals surface area contributed by atoms with Gasteiger partial charge in [0.05, 0.1) is 17.4 Å². The molecule has 3 aromatic carbocycles. The van der Waals surface area contributed by atoms with Gasteiger partial charge in [-0.1, -0.05) is 104 Å². The van der Waals surface area contributed by atoms with Crippen LogP contribution in [-0.2, 0) is 12.1 Å². The second kappa shape index (κ2) is 9.76. The highest BCUT2D eigenvalue weighted by Gasteiger charge is 2.38. The lowest BCUT2D eigenvalue weighted by Crippen LogP contribution is -2.47. The maximum Gasteiger partial charge on any atom is 0.126 e. The lowest BCUT2D eigenvalue weighted by Gasteiger charge is -2.39. The third-order valence-corrected chi connectivity index (χ3v) is 7.30. The Kier molecular flexibility index (Phi) is 6.41. The van der Waals surface area contributed by atoms with E-state index in [0.29, 0.717) is 5.92 Å². The van der Waals surface area contributed by atoms with Crippen LogP contribution in [0, 0.1) is 5.92 Å². The molecule has 1 aliphatic rings. The largest absolute Gasteiger partial charge is 0.340 e. The molecule has 1 atom stereocenters. The van der Waals surface area contributed by atoms with Crippen LogP contribution < -0.4 is 5.32 Å². The molecule has 0 spiro atoms. The van der Waals surface area contributed by atoms with Gasteiger partial charge in [0.15, 0.2) is 0 Å². The summed E-state index contributed by atoms with van der Waals surface area (Å²) < 4.78 is 0. The number of aromatic nitrogens is 2. The number of nitrogens with zero attached hydrogens (tertiary/aromatic N) is 1. The number of hydrogen-bond donors (Lipinski definition) is 2. The zero-order valence-electron chi connectivity index (χ0n) is 19.4. The third-order valence-electron chi connectivity index (χ3n) is 7.30. The van der Waals surface area contributed by atoms with Crippen LogP contribution in [0.5, 0.6) is 0 Å². The summed E-state index contributed by atoms with van der Waals surface area (Å²) in [5.74, 6) is 1.63. The van der Waals surface area contributed by atoms with Gasteiger partial charge >= 0.3 is 0 Å². The summed E-state index contributed by atoms with van der Waals surface area (Å²) >= 11 is 0. The molecule has 3 heteroatoms. The number of H-pyrrole nitrogens is 1. The molecule has 33 heavy (non-hydrogen) atoms. The Bertz CT molecular complexity index is 1140. The number of benzene rings is 3. The topological polar surface area (TPSA) is 40.7 Å². The van der Waals surface area contributed by atoms with Crippen LogP contribution in [-0.4, -0.2) is 9.97 Å². The van der Waals surface area contributed by atoms with E-state index in [1.54, 1.807) is 0 Å². The van der Waals surface area contributed by atoms with Gasteiger partial charge in [-0.15, -0.1) is 0 Å². The van der Waals surface area contributed by atoms with E-state index >= 15 is 0 Å². The number of rotatable bonds is 7. The van der Waals surface area contributed by atoms with Crippen molar-refractivity contribution in [2.24, 2.45) is 5.92 Å². The Hall–Kier alpha value is -3.17. The van der Waals surface area contributed by atoms with Crippen molar-refractivity contribution < 1.29 is 0 Å². The van der Waals surface area contributed by atoms with Crippen molar-refractivity contribution in [2.75, 3.05) is 0 Å². The Morgan fingerprint density at radius 2 is 1.39 bits per heavy atom. The van der Waals surface area contributed by atoms with Gasteiger partial charge in [-0.05, 0) is 47.9 Å². The van der Waals surface area contributed by atoms with Gasteiger partial charge in [-0.3, -0.25) is 0 Å². The highest BCUT2D eigenvalue weighted by Crippen LogP contribution is 2.39. The average Bonchev–Trinajstić information content (AvgIpc) is 3.40. The summed E-state index contributed by atoms with van der Waals surface area (Å²) in [5.41, 5.74) is 5.84. The van der Waals surface area contributed by atoms with Crippen molar-refractivity contribution in [3.8, 4) is 22.4 Å². The van der Waals surface area contributed by atoms with Crippen LogP contribution in [0.3, 0.4) is 0 Å². The highest BCUT2D eigenvalue weighted by molar-refractivity contribution is 5.68. The smallest absolute Gasteiger partial charge is 0.126 e. The van der Waals surface area contributed by atoms with E-state index in [0.717, 1.165) is 18.1 Å². The maximum absolute atomic E-state index is 4.91. The number of nitrogens with one attached hydrogen (secondary N) is 2. The molecule has 1 aromatic heterocycles. The van der Waals surface area contributed by atoms with E-state index in [-0.39, 0.29) is 5.54 Å². The molecule has 2 N–H and O–H groups in total. The fourth-order valence-corrected chi connectivity index (χ4v) is 5.19. The first-order chi connectivity index (χ1) is 16.2. The predicted molar refractivity (Wildman–Crippen MR) is 137 cm³/mol. The van der Waals surface area contributed by atoms with Crippen LogP contribution in [0.25, 0.3) is 22.4 Å². The van der Waals surface area contributed by atoms with Crippen LogP contribution in [0.1, 0.15) is 50.4 Å². The molecule has 1 heterocycles. The van der Waals surface area contributed by atoms with Crippen molar-refractivity contribution in [3.63, 3.8) is 0 Å². The number of imidazole rings is 1. The first-order valence-corrected chi connectivity index (χ1v) is 12.2. The molecular formula is C30H33N3. The summed E-state index contributed by atoms with van der Waals surface area (Å²) in [6.07, 6.45) is 8.46. The molecule has 0 bridgehead atoms. The maximum atomic E-state index is 4.91. The quantitative estimate of drug-likeness (QED) is 0.319. The summed E-state index contributed by atoms with van der Waals surface area (Å²) in [6.45, 7) is 3.18. The summed E-state index contributed by atoms with van der Waals surface area (Å²) in [6, 6.07) is 30.0. The van der Waals surface area contributed by atoms with Crippen molar-refractivity contribution >= 4 is 0 Å². The van der Waals surface area contributed by atoms with Crippen molar-refractivity contribution in [1.29, 1.82) is 0 Å². The molecule has 3 nitrogen and oxygen atoms in total. The highest BCUT2D eigenvalue weighted by atomic mass is 15.1. The predicted octanol–water partition coefficient (Wildman–Crippen LogP) is 7.33. The standard InChI is InChI=1S/C30H33N3/c1-30(27-15-9-4-10-16-27,32-21-23-11-5-2-6-12-23)29-31-22-28(33-29)26-19-17-25(18-20-26)24-13-7-3-8-14-24/h2-3,5-8,11-14,17-20,22,27,32H,4,9-10,15-16,21H2,1H3,(H,31,33)/t30-/m1/s1. The molecule has 5 rings (SSSR count). The molecule has 1 saturated carbocycles. The average molecular weight is 436 g/mol. The Morgan fingerprint density at radius 1 is 0.788 bits per heavy atom. The molecule has 0 saturated heterocycles. The van der Waals surface area contributed by atoms with Gasteiger partial charge in [-0.2, -0.15) is 0 Å². The van der Waals surface area contributed by atoms with Gasteiger partial charge < -0.3 is 10.3 Å². The van der Waals surface area contributed by atoms with E-state index in [1.807, 2.05) is 6.20 Å². The minimum Gasteiger partial charge on any atom is -0.340 e. The van der Waals surface area contributed by atoms with Gasteiger partial charge in [0.2, 0.25) is 0 Å². The Morgan fingerprint density at radius 3 is 2.09 bits per heavy atom. The second-order valence-electron chi connectivity index (χ2n) is 9.47. The molecule has 168 valence electrons. The van der Waals surface area contributed by atoms with E-state index in [9.17, 15) is 0 Å². The summed E-state index contributed by atoms with van der Waals surface area (Å²) in [4.78, 5) is 8.60. The van der Waals surface area contributed by atoms with E-state index in [1.165, 1.54) is 54.4 Å². The zero-order valence-corrected chi connectivity index (χ0v) is 19.4. The van der Waals surface area contributed by atoms with E-state index in [2.05, 4.69) is 102 Å². The van der Waals surface area contributed by atoms with Crippen LogP contribution in [0.2, 0.25) is 0 Å². The molecule has 1 fully saturated rings. The first kappa shape index (κ1) is 21.7. The molecule has 0 amide bonds. The van der Waals surface area contributed by atoms with Gasteiger partial charge in [0.1, 0.15) is 5.82 Å². The van der Waals surface area contributed by atoms with Crippen molar-refractivity contribution in [3.05, 3.63) is 103 Å². The Labute approximate surface area is 197 Å². The monoisotopic (exact) mass is 435 g/mol. The van der Waals surface area contributed by atoms with Crippen molar-refractivity contribution in [2.45, 2.75) is 51.1 Å². The number of aromatic amines is 1. The fraction of sp³-hybridized carbons (Fsp3) is 0.300. The molecule has 1 aliphatic carbocycles. The minimum atomic E-state index is -0.182. The summed E-state index contributed by atoms with van der Waals surface area (Å²) in [5, 5.41) is 3.90. The van der Waals surface area contributed by atoms with Gasteiger partial charge in [0.25, 0.3) is 0 Å². The van der Waals surface area contributed by atoms with Crippen molar-refractivity contribution in [1.82, 2.24) is 15.3 Å². The van der Waals surface area contributed by atoms with E-state index in [4.69, 9.17) is 4.98 Å². The second-order valence-corrected chi connectivity index (χ2v) is 9.47. The van der Waals surface area contributed by atoms with Gasteiger partial charge in [-0.25, -0.2) is 4.98 Å². The molecule has 0 radical (unpaired) electrons. The minimum absolute atomic E-state index is 0.182. The SMILES string of the molecule is C[C@](NCc1ccccc1)(c1ncc(-c2ccc(-c3ccccc3)cc2)[nH]1)C1CCCCC1. The third kappa shape index (κ3) is 4.79. The van der Waals surface area contributed by atoms with Crippen LogP contribution in [0.15, 0.2) is 91.1 Å².